The molecule has 0 saturated heterocycles. The zero-order valence-electron chi connectivity index (χ0n) is 9.50. The number of hydrogen-bond donors (Lipinski definition) is 1. The molecule has 2 rings (SSSR count). The van der Waals surface area contributed by atoms with Crippen LogP contribution in [0.4, 0.5) is 0 Å². The van der Waals surface area contributed by atoms with Crippen LogP contribution in [0.1, 0.15) is 18.9 Å². The van der Waals surface area contributed by atoms with E-state index in [0.717, 1.165) is 5.56 Å². The van der Waals surface area contributed by atoms with Gasteiger partial charge in [0.15, 0.2) is 0 Å². The van der Waals surface area contributed by atoms with Gasteiger partial charge in [0.25, 0.3) is 0 Å². The van der Waals surface area contributed by atoms with E-state index in [-0.39, 0.29) is 18.3 Å². The van der Waals surface area contributed by atoms with Crippen LogP contribution < -0.4 is 0 Å². The smallest absolute Gasteiger partial charge is 0.110 e. The third-order valence-electron chi connectivity index (χ3n) is 2.89. The van der Waals surface area contributed by atoms with Gasteiger partial charge in [0.2, 0.25) is 0 Å². The Balaban J connectivity index is 1.78. The molecule has 88 valence electrons. The molecular formula is C13H18O3. The number of hydrogen-bond acceptors (Lipinski definition) is 3. The van der Waals surface area contributed by atoms with Crippen molar-refractivity contribution >= 4 is 0 Å². The fourth-order valence-corrected chi connectivity index (χ4v) is 1.91. The summed E-state index contributed by atoms with van der Waals surface area (Å²) < 4.78 is 11.1. The highest BCUT2D eigenvalue weighted by molar-refractivity contribution is 5.13. The van der Waals surface area contributed by atoms with Gasteiger partial charge >= 0.3 is 0 Å². The van der Waals surface area contributed by atoms with E-state index in [1.54, 1.807) is 0 Å². The van der Waals surface area contributed by atoms with Gasteiger partial charge in [-0.15, -0.1) is 0 Å². The predicted octanol–water partition coefficient (Wildman–Crippen LogP) is 1.74. The third kappa shape index (κ3) is 2.61. The number of rotatable bonds is 5. The summed E-state index contributed by atoms with van der Waals surface area (Å²) in [5, 5.41) is 9.50. The Morgan fingerprint density at radius 2 is 2.00 bits per heavy atom. The van der Waals surface area contributed by atoms with E-state index in [9.17, 15) is 5.11 Å². The first kappa shape index (κ1) is 11.6. The second kappa shape index (κ2) is 5.43. The Morgan fingerprint density at radius 3 is 2.62 bits per heavy atom. The van der Waals surface area contributed by atoms with Gasteiger partial charge in [-0.05, 0) is 12.5 Å². The van der Waals surface area contributed by atoms with E-state index in [1.807, 2.05) is 37.3 Å². The number of aliphatic hydroxyl groups excluding tert-OH is 1. The molecule has 0 amide bonds. The van der Waals surface area contributed by atoms with E-state index < -0.39 is 0 Å². The Bertz CT molecular complexity index is 312. The SMILES string of the molecule is CCOC1C(O)CC1OCc1ccccc1. The topological polar surface area (TPSA) is 38.7 Å². The van der Waals surface area contributed by atoms with Crippen molar-refractivity contribution in [2.75, 3.05) is 6.61 Å². The first-order chi connectivity index (χ1) is 7.81. The Kier molecular flexibility index (Phi) is 3.93. The quantitative estimate of drug-likeness (QED) is 0.824. The van der Waals surface area contributed by atoms with Crippen molar-refractivity contribution in [2.24, 2.45) is 0 Å². The van der Waals surface area contributed by atoms with Crippen LogP contribution in [0.25, 0.3) is 0 Å². The van der Waals surface area contributed by atoms with Gasteiger partial charge in [0.1, 0.15) is 6.10 Å². The van der Waals surface area contributed by atoms with Crippen molar-refractivity contribution in [1.82, 2.24) is 0 Å². The molecule has 1 aromatic carbocycles. The molecule has 1 fully saturated rings. The molecule has 0 aromatic heterocycles. The molecular weight excluding hydrogens is 204 g/mol. The molecule has 0 spiro atoms. The standard InChI is InChI=1S/C13H18O3/c1-2-15-13-11(14)8-12(13)16-9-10-6-4-3-5-7-10/h3-7,11-14H,2,8-9H2,1H3. The zero-order chi connectivity index (χ0) is 11.4. The molecule has 1 aliphatic carbocycles. The lowest BCUT2D eigenvalue weighted by Crippen LogP contribution is -2.53. The van der Waals surface area contributed by atoms with Gasteiger partial charge in [0, 0.05) is 13.0 Å². The van der Waals surface area contributed by atoms with E-state index in [2.05, 4.69) is 0 Å². The maximum absolute atomic E-state index is 9.50. The zero-order valence-corrected chi connectivity index (χ0v) is 9.50. The summed E-state index contributed by atoms with van der Waals surface area (Å²) >= 11 is 0. The molecule has 0 bridgehead atoms. The summed E-state index contributed by atoms with van der Waals surface area (Å²) in [6.45, 7) is 3.13. The molecule has 3 heteroatoms. The average molecular weight is 222 g/mol. The lowest BCUT2D eigenvalue weighted by molar-refractivity contribution is -0.194. The maximum atomic E-state index is 9.50. The Labute approximate surface area is 96.0 Å². The summed E-state index contributed by atoms with van der Waals surface area (Å²) in [7, 11) is 0. The van der Waals surface area contributed by atoms with E-state index in [1.165, 1.54) is 0 Å². The molecule has 1 saturated carbocycles. The Morgan fingerprint density at radius 1 is 1.25 bits per heavy atom. The van der Waals surface area contributed by atoms with Crippen molar-refractivity contribution in [3.8, 4) is 0 Å². The molecule has 3 nitrogen and oxygen atoms in total. The van der Waals surface area contributed by atoms with E-state index in [0.29, 0.717) is 19.6 Å². The molecule has 1 N–H and O–H groups in total. The predicted molar refractivity (Wildman–Crippen MR) is 61.1 cm³/mol. The highest BCUT2D eigenvalue weighted by Gasteiger charge is 2.41. The molecule has 0 heterocycles. The Hall–Kier alpha value is -0.900. The lowest BCUT2D eigenvalue weighted by atomic mass is 9.88. The molecule has 16 heavy (non-hydrogen) atoms. The summed E-state index contributed by atoms with van der Waals surface area (Å²) in [5.74, 6) is 0. The van der Waals surface area contributed by atoms with Gasteiger partial charge in [-0.25, -0.2) is 0 Å². The van der Waals surface area contributed by atoms with Crippen molar-refractivity contribution in [3.63, 3.8) is 0 Å². The summed E-state index contributed by atoms with van der Waals surface area (Å²) in [6, 6.07) is 10.0. The molecule has 1 aliphatic rings. The summed E-state index contributed by atoms with van der Waals surface area (Å²) in [6.07, 6.45) is 0.210. The minimum absolute atomic E-state index is 0.0372. The maximum Gasteiger partial charge on any atom is 0.110 e. The fraction of sp³-hybridized carbons (Fsp3) is 0.538. The molecule has 1 aromatic rings. The van der Waals surface area contributed by atoms with Crippen LogP contribution in [0.2, 0.25) is 0 Å². The van der Waals surface area contributed by atoms with E-state index >= 15 is 0 Å². The second-order valence-electron chi connectivity index (χ2n) is 4.06. The largest absolute Gasteiger partial charge is 0.390 e. The molecule has 3 atom stereocenters. The van der Waals surface area contributed by atoms with Gasteiger partial charge < -0.3 is 14.6 Å². The minimum Gasteiger partial charge on any atom is -0.390 e. The van der Waals surface area contributed by atoms with Gasteiger partial charge in [-0.3, -0.25) is 0 Å². The highest BCUT2D eigenvalue weighted by atomic mass is 16.6. The summed E-state index contributed by atoms with van der Waals surface area (Å²) in [4.78, 5) is 0. The van der Waals surface area contributed by atoms with Crippen LogP contribution in [0.5, 0.6) is 0 Å². The molecule has 3 unspecified atom stereocenters. The first-order valence-electron chi connectivity index (χ1n) is 5.76. The normalized spacial score (nSPS) is 28.8. The van der Waals surface area contributed by atoms with Crippen molar-refractivity contribution in [2.45, 2.75) is 38.3 Å². The number of ether oxygens (including phenoxy) is 2. The lowest BCUT2D eigenvalue weighted by Gasteiger charge is -2.40. The highest BCUT2D eigenvalue weighted by Crippen LogP contribution is 2.27. The van der Waals surface area contributed by atoms with Crippen LogP contribution in [0, 0.1) is 0 Å². The second-order valence-corrected chi connectivity index (χ2v) is 4.06. The van der Waals surface area contributed by atoms with E-state index in [4.69, 9.17) is 9.47 Å². The van der Waals surface area contributed by atoms with Crippen molar-refractivity contribution in [1.29, 1.82) is 0 Å². The number of aliphatic hydroxyl groups is 1. The third-order valence-corrected chi connectivity index (χ3v) is 2.89. The fourth-order valence-electron chi connectivity index (χ4n) is 1.91. The van der Waals surface area contributed by atoms with Gasteiger partial charge in [-0.2, -0.15) is 0 Å². The van der Waals surface area contributed by atoms with Crippen molar-refractivity contribution < 1.29 is 14.6 Å². The average Bonchev–Trinajstić information content (AvgIpc) is 2.32. The van der Waals surface area contributed by atoms with Crippen LogP contribution >= 0.6 is 0 Å². The molecule has 0 radical (unpaired) electrons. The van der Waals surface area contributed by atoms with Crippen LogP contribution in [-0.2, 0) is 16.1 Å². The summed E-state index contributed by atoms with van der Waals surface area (Å²) in [5.41, 5.74) is 1.15. The minimum atomic E-state index is -0.360. The van der Waals surface area contributed by atoms with Crippen molar-refractivity contribution in [3.05, 3.63) is 35.9 Å². The number of benzene rings is 1. The monoisotopic (exact) mass is 222 g/mol. The van der Waals surface area contributed by atoms with Crippen LogP contribution in [-0.4, -0.2) is 30.0 Å². The molecule has 0 aliphatic heterocycles. The first-order valence-corrected chi connectivity index (χ1v) is 5.76. The van der Waals surface area contributed by atoms with Crippen LogP contribution in [0.15, 0.2) is 30.3 Å². The van der Waals surface area contributed by atoms with Gasteiger partial charge in [-0.1, -0.05) is 30.3 Å². The van der Waals surface area contributed by atoms with Gasteiger partial charge in [0.05, 0.1) is 18.8 Å². The van der Waals surface area contributed by atoms with Crippen LogP contribution in [0.3, 0.4) is 0 Å².